The third-order valence-corrected chi connectivity index (χ3v) is 2.81. The molecule has 5 nitrogen and oxygen atoms in total. The highest BCUT2D eigenvalue weighted by molar-refractivity contribution is 7.89. The summed E-state index contributed by atoms with van der Waals surface area (Å²) in [6.07, 6.45) is 1.51. The summed E-state index contributed by atoms with van der Waals surface area (Å²) in [5.74, 6) is 0. The highest BCUT2D eigenvalue weighted by Gasteiger charge is 2.26. The molecule has 2 N–H and O–H groups in total. The van der Waals surface area contributed by atoms with E-state index in [-0.39, 0.29) is 5.03 Å². The van der Waals surface area contributed by atoms with E-state index in [1.807, 2.05) is 0 Å². The molecule has 0 bridgehead atoms. The van der Waals surface area contributed by atoms with E-state index in [2.05, 4.69) is 14.9 Å². The molecule has 1 aliphatic heterocycles. The first-order valence-electron chi connectivity index (χ1n) is 2.72. The molecule has 10 heavy (non-hydrogen) atoms. The first-order valence-corrected chi connectivity index (χ1v) is 4.20. The Bertz CT molecular complexity index is 352. The van der Waals surface area contributed by atoms with Gasteiger partial charge in [0.1, 0.15) is 0 Å². The van der Waals surface area contributed by atoms with Crippen LogP contribution in [0.25, 0.3) is 0 Å². The summed E-state index contributed by atoms with van der Waals surface area (Å²) in [5, 5.41) is 6.20. The van der Waals surface area contributed by atoms with Crippen LogP contribution >= 0.6 is 0 Å². The molecule has 0 amide bonds. The van der Waals surface area contributed by atoms with Crippen LogP contribution in [-0.4, -0.2) is 18.6 Å². The molecule has 1 aromatic rings. The zero-order valence-electron chi connectivity index (χ0n) is 4.96. The predicted octanol–water partition coefficient (Wildman–Crippen LogP) is -0.798. The fourth-order valence-corrected chi connectivity index (χ4v) is 2.04. The molecular formula is C4H5N3O2S. The minimum atomic E-state index is -3.23. The van der Waals surface area contributed by atoms with Gasteiger partial charge in [-0.3, -0.25) is 5.10 Å². The number of nitrogens with one attached hydrogen (secondary N) is 2. The second-order valence-electron chi connectivity index (χ2n) is 2.05. The van der Waals surface area contributed by atoms with Crippen LogP contribution in [0.3, 0.4) is 0 Å². The molecule has 2 heterocycles. The smallest absolute Gasteiger partial charge is 0.258 e. The number of sulfonamides is 1. The summed E-state index contributed by atoms with van der Waals surface area (Å²) in [7, 11) is -3.23. The van der Waals surface area contributed by atoms with E-state index in [1.54, 1.807) is 0 Å². The van der Waals surface area contributed by atoms with Gasteiger partial charge >= 0.3 is 0 Å². The minimum absolute atomic E-state index is 0.201. The van der Waals surface area contributed by atoms with Crippen LogP contribution in [0.15, 0.2) is 11.2 Å². The average molecular weight is 159 g/mol. The molecule has 1 aliphatic rings. The summed E-state index contributed by atoms with van der Waals surface area (Å²) in [4.78, 5) is 0. The average Bonchev–Trinajstić information content (AvgIpc) is 2.36. The van der Waals surface area contributed by atoms with Crippen LogP contribution in [-0.2, 0) is 16.6 Å². The van der Waals surface area contributed by atoms with E-state index in [4.69, 9.17) is 0 Å². The fourth-order valence-electron chi connectivity index (χ4n) is 0.903. The standard InChI is InChI=1S/C4H5N3O2S/c8-10(9)4-3(2-6-10)1-5-7-4/h1,6H,2H2,(H,5,7). The van der Waals surface area contributed by atoms with Crippen LogP contribution in [0.4, 0.5) is 0 Å². The van der Waals surface area contributed by atoms with Gasteiger partial charge in [0.2, 0.25) is 0 Å². The van der Waals surface area contributed by atoms with Gasteiger partial charge < -0.3 is 0 Å². The zero-order valence-corrected chi connectivity index (χ0v) is 5.77. The summed E-state index contributed by atoms with van der Waals surface area (Å²) in [6, 6.07) is 0. The predicted molar refractivity (Wildman–Crippen MR) is 32.6 cm³/mol. The van der Waals surface area contributed by atoms with Crippen LogP contribution in [0.5, 0.6) is 0 Å². The zero-order chi connectivity index (χ0) is 7.19. The van der Waals surface area contributed by atoms with Crippen molar-refractivity contribution < 1.29 is 8.42 Å². The van der Waals surface area contributed by atoms with E-state index in [1.165, 1.54) is 6.20 Å². The van der Waals surface area contributed by atoms with Crippen LogP contribution in [0, 0.1) is 0 Å². The van der Waals surface area contributed by atoms with Crippen molar-refractivity contribution in [3.05, 3.63) is 11.8 Å². The van der Waals surface area contributed by atoms with Crippen molar-refractivity contribution >= 4 is 10.0 Å². The number of H-pyrrole nitrogens is 1. The quantitative estimate of drug-likeness (QED) is 0.520. The molecule has 0 atom stereocenters. The molecule has 6 heteroatoms. The second kappa shape index (κ2) is 1.58. The summed E-state index contributed by atoms with van der Waals surface area (Å²) < 4.78 is 24.2. The molecule has 0 fully saturated rings. The summed E-state index contributed by atoms with van der Waals surface area (Å²) in [5.41, 5.74) is 0.708. The molecule has 0 saturated carbocycles. The molecule has 54 valence electrons. The summed E-state index contributed by atoms with van der Waals surface area (Å²) in [6.45, 7) is 0.355. The molecule has 0 aliphatic carbocycles. The van der Waals surface area contributed by atoms with E-state index >= 15 is 0 Å². The highest BCUT2D eigenvalue weighted by Crippen LogP contribution is 2.17. The largest absolute Gasteiger partial charge is 0.266 e. The Morgan fingerprint density at radius 2 is 2.40 bits per heavy atom. The maximum Gasteiger partial charge on any atom is 0.258 e. The Labute approximate surface area is 57.5 Å². The molecule has 1 aromatic heterocycles. The van der Waals surface area contributed by atoms with E-state index in [0.717, 1.165) is 0 Å². The number of aromatic amines is 1. The Hall–Kier alpha value is -0.880. The number of aromatic nitrogens is 2. The maximum absolute atomic E-state index is 10.9. The lowest BCUT2D eigenvalue weighted by Gasteiger charge is -1.88. The first-order chi connectivity index (χ1) is 4.70. The molecule has 0 spiro atoms. The third-order valence-electron chi connectivity index (χ3n) is 1.40. The number of nitrogens with zero attached hydrogens (tertiary/aromatic N) is 1. The van der Waals surface area contributed by atoms with Gasteiger partial charge in [0.25, 0.3) is 10.0 Å². The van der Waals surface area contributed by atoms with Crippen molar-refractivity contribution in [2.75, 3.05) is 0 Å². The van der Waals surface area contributed by atoms with Gasteiger partial charge in [-0.2, -0.15) is 5.10 Å². The minimum Gasteiger partial charge on any atom is -0.266 e. The van der Waals surface area contributed by atoms with Gasteiger partial charge in [-0.05, 0) is 0 Å². The third kappa shape index (κ3) is 0.598. The fraction of sp³-hybridized carbons (Fsp3) is 0.250. The Kier molecular flexibility index (Phi) is 0.930. The van der Waals surface area contributed by atoms with E-state index in [9.17, 15) is 8.42 Å². The lowest BCUT2D eigenvalue weighted by atomic mass is 10.4. The van der Waals surface area contributed by atoms with Crippen molar-refractivity contribution in [1.29, 1.82) is 0 Å². The van der Waals surface area contributed by atoms with Crippen LogP contribution in [0.1, 0.15) is 5.56 Å². The topological polar surface area (TPSA) is 74.8 Å². The SMILES string of the molecule is O=S1(=O)NCc2cn[nH]c21. The molecule has 2 rings (SSSR count). The molecule has 0 aromatic carbocycles. The van der Waals surface area contributed by atoms with Crippen LogP contribution in [0.2, 0.25) is 0 Å². The van der Waals surface area contributed by atoms with Gasteiger partial charge in [0.05, 0.1) is 6.20 Å². The van der Waals surface area contributed by atoms with Gasteiger partial charge in [0.15, 0.2) is 5.03 Å². The van der Waals surface area contributed by atoms with Crippen molar-refractivity contribution in [2.45, 2.75) is 11.6 Å². The number of fused-ring (bicyclic) bond motifs is 1. The Morgan fingerprint density at radius 3 is 3.10 bits per heavy atom. The van der Waals surface area contributed by atoms with E-state index < -0.39 is 10.0 Å². The Morgan fingerprint density at radius 1 is 1.60 bits per heavy atom. The number of rotatable bonds is 0. The highest BCUT2D eigenvalue weighted by atomic mass is 32.2. The van der Waals surface area contributed by atoms with E-state index in [0.29, 0.717) is 12.1 Å². The van der Waals surface area contributed by atoms with Crippen molar-refractivity contribution in [2.24, 2.45) is 0 Å². The normalized spacial score (nSPS) is 20.8. The monoisotopic (exact) mass is 159 g/mol. The van der Waals surface area contributed by atoms with Crippen molar-refractivity contribution in [1.82, 2.24) is 14.9 Å². The van der Waals surface area contributed by atoms with Gasteiger partial charge in [-0.25, -0.2) is 13.1 Å². The van der Waals surface area contributed by atoms with Crippen molar-refractivity contribution in [3.63, 3.8) is 0 Å². The van der Waals surface area contributed by atoms with Gasteiger partial charge in [-0.1, -0.05) is 0 Å². The maximum atomic E-state index is 10.9. The molecule has 0 saturated heterocycles. The molecule has 0 unspecified atom stereocenters. The number of hydrogen-bond donors (Lipinski definition) is 2. The Balaban J connectivity index is 2.76. The van der Waals surface area contributed by atoms with Gasteiger partial charge in [-0.15, -0.1) is 0 Å². The number of hydrogen-bond acceptors (Lipinski definition) is 3. The van der Waals surface area contributed by atoms with Gasteiger partial charge in [0, 0.05) is 12.1 Å². The first kappa shape index (κ1) is 5.87. The lowest BCUT2D eigenvalue weighted by Crippen LogP contribution is -2.15. The van der Waals surface area contributed by atoms with Crippen LogP contribution < -0.4 is 4.72 Å². The van der Waals surface area contributed by atoms with Crippen molar-refractivity contribution in [3.8, 4) is 0 Å². The lowest BCUT2D eigenvalue weighted by molar-refractivity contribution is 0.586. The molecule has 0 radical (unpaired) electrons. The second-order valence-corrected chi connectivity index (χ2v) is 3.75. The summed E-state index contributed by atoms with van der Waals surface area (Å²) >= 11 is 0. The molecular weight excluding hydrogens is 154 g/mol.